The molecule has 1 aliphatic heterocycles. The summed E-state index contributed by atoms with van der Waals surface area (Å²) in [5.74, 6) is 0.621. The molecule has 0 spiro atoms. The van der Waals surface area contributed by atoms with Crippen molar-refractivity contribution in [2.45, 2.75) is 25.9 Å². The summed E-state index contributed by atoms with van der Waals surface area (Å²) in [4.78, 5) is 19.6. The standard InChI is InChI=1S/C19H22N4O3S/c1-12-9-16(21-22(12)2)18(24)23(11-14-5-4-8-26-14)19-20-15-7-6-13(25-3)10-17(15)27-19/h6-7,9-10,14H,4-5,8,11H2,1-3H3/t14-/m0/s1. The maximum Gasteiger partial charge on any atom is 0.280 e. The van der Waals surface area contributed by atoms with Crippen molar-refractivity contribution in [1.82, 2.24) is 14.8 Å². The van der Waals surface area contributed by atoms with E-state index in [1.165, 1.54) is 11.3 Å². The van der Waals surface area contributed by atoms with Crippen LogP contribution in [0.1, 0.15) is 29.0 Å². The molecule has 1 amide bonds. The van der Waals surface area contributed by atoms with Crippen molar-refractivity contribution >= 4 is 32.6 Å². The Morgan fingerprint density at radius 2 is 2.30 bits per heavy atom. The number of aromatic nitrogens is 3. The minimum absolute atomic E-state index is 0.0281. The Hall–Kier alpha value is -2.45. The second-order valence-electron chi connectivity index (χ2n) is 6.68. The number of carbonyl (C=O) groups excluding carboxylic acids is 1. The van der Waals surface area contributed by atoms with Gasteiger partial charge in [0, 0.05) is 19.3 Å². The minimum atomic E-state index is -0.153. The summed E-state index contributed by atoms with van der Waals surface area (Å²) >= 11 is 1.48. The van der Waals surface area contributed by atoms with E-state index in [9.17, 15) is 4.79 Å². The fourth-order valence-electron chi connectivity index (χ4n) is 3.18. The summed E-state index contributed by atoms with van der Waals surface area (Å²) in [6.45, 7) is 3.15. The quantitative estimate of drug-likeness (QED) is 0.674. The van der Waals surface area contributed by atoms with Gasteiger partial charge in [0.25, 0.3) is 5.91 Å². The van der Waals surface area contributed by atoms with Crippen LogP contribution < -0.4 is 9.64 Å². The molecule has 1 fully saturated rings. The van der Waals surface area contributed by atoms with Crippen LogP contribution in [0.25, 0.3) is 10.2 Å². The van der Waals surface area contributed by atoms with Crippen LogP contribution in [0.4, 0.5) is 5.13 Å². The molecule has 0 N–H and O–H groups in total. The summed E-state index contributed by atoms with van der Waals surface area (Å²) < 4.78 is 13.8. The van der Waals surface area contributed by atoms with Crippen molar-refractivity contribution in [2.24, 2.45) is 7.05 Å². The Kier molecular flexibility index (Phi) is 4.84. The lowest BCUT2D eigenvalue weighted by molar-refractivity contribution is 0.0913. The highest BCUT2D eigenvalue weighted by molar-refractivity contribution is 7.22. The van der Waals surface area contributed by atoms with Crippen molar-refractivity contribution < 1.29 is 14.3 Å². The van der Waals surface area contributed by atoms with Crippen LogP contribution in [-0.2, 0) is 11.8 Å². The van der Waals surface area contributed by atoms with Crippen LogP contribution in [0.15, 0.2) is 24.3 Å². The van der Waals surface area contributed by atoms with E-state index >= 15 is 0 Å². The highest BCUT2D eigenvalue weighted by atomic mass is 32.1. The average Bonchev–Trinajstić information content (AvgIpc) is 3.39. The normalized spacial score (nSPS) is 16.8. The lowest BCUT2D eigenvalue weighted by atomic mass is 10.2. The van der Waals surface area contributed by atoms with Crippen LogP contribution in [0.5, 0.6) is 5.75 Å². The molecule has 0 aliphatic carbocycles. The topological polar surface area (TPSA) is 69.5 Å². The Labute approximate surface area is 161 Å². The first-order valence-corrected chi connectivity index (χ1v) is 9.75. The molecule has 4 rings (SSSR count). The van der Waals surface area contributed by atoms with Crippen molar-refractivity contribution in [1.29, 1.82) is 0 Å². The number of thiazole rings is 1. The molecule has 0 saturated carbocycles. The van der Waals surface area contributed by atoms with Gasteiger partial charge in [0.15, 0.2) is 10.8 Å². The monoisotopic (exact) mass is 386 g/mol. The molecule has 27 heavy (non-hydrogen) atoms. The fraction of sp³-hybridized carbons (Fsp3) is 0.421. The Balaban J connectivity index is 1.71. The number of ether oxygens (including phenoxy) is 2. The molecule has 0 bridgehead atoms. The third-order valence-corrected chi connectivity index (χ3v) is 5.84. The van der Waals surface area contributed by atoms with Crippen LogP contribution >= 0.6 is 11.3 Å². The number of rotatable bonds is 5. The van der Waals surface area contributed by atoms with Gasteiger partial charge in [0.2, 0.25) is 0 Å². The van der Waals surface area contributed by atoms with Crippen molar-refractivity contribution in [2.75, 3.05) is 25.2 Å². The number of fused-ring (bicyclic) bond motifs is 1. The molecule has 1 atom stereocenters. The third-order valence-electron chi connectivity index (χ3n) is 4.80. The molecule has 2 aromatic heterocycles. The van der Waals surface area contributed by atoms with Gasteiger partial charge in [-0.25, -0.2) is 4.98 Å². The van der Waals surface area contributed by atoms with E-state index in [1.807, 2.05) is 32.2 Å². The van der Waals surface area contributed by atoms with Gasteiger partial charge >= 0.3 is 0 Å². The van der Waals surface area contributed by atoms with Gasteiger partial charge in [0.1, 0.15) is 5.75 Å². The zero-order chi connectivity index (χ0) is 19.0. The predicted octanol–water partition coefficient (Wildman–Crippen LogP) is 3.17. The molecule has 0 radical (unpaired) electrons. The first-order valence-electron chi connectivity index (χ1n) is 8.94. The number of nitrogens with zero attached hydrogens (tertiary/aromatic N) is 4. The third kappa shape index (κ3) is 3.54. The lowest BCUT2D eigenvalue weighted by Gasteiger charge is -2.22. The number of methoxy groups -OCH3 is 1. The fourth-order valence-corrected chi connectivity index (χ4v) is 4.18. The van der Waals surface area contributed by atoms with Gasteiger partial charge in [-0.3, -0.25) is 14.4 Å². The highest BCUT2D eigenvalue weighted by Gasteiger charge is 2.28. The zero-order valence-electron chi connectivity index (χ0n) is 15.6. The molecule has 1 saturated heterocycles. The molecule has 142 valence electrons. The zero-order valence-corrected chi connectivity index (χ0v) is 16.5. The van der Waals surface area contributed by atoms with E-state index in [1.54, 1.807) is 22.8 Å². The summed E-state index contributed by atoms with van der Waals surface area (Å²) in [6.07, 6.45) is 2.00. The minimum Gasteiger partial charge on any atom is -0.497 e. The molecule has 8 heteroatoms. The van der Waals surface area contributed by atoms with E-state index < -0.39 is 0 Å². The van der Waals surface area contributed by atoms with E-state index in [2.05, 4.69) is 10.1 Å². The SMILES string of the molecule is COc1ccc2nc(N(C[C@@H]3CCCO3)C(=O)c3cc(C)n(C)n3)sc2c1. The number of hydrogen-bond acceptors (Lipinski definition) is 6. The van der Waals surface area contributed by atoms with Crippen LogP contribution in [0.3, 0.4) is 0 Å². The van der Waals surface area contributed by atoms with Gasteiger partial charge in [-0.15, -0.1) is 0 Å². The van der Waals surface area contributed by atoms with Crippen LogP contribution in [0.2, 0.25) is 0 Å². The first kappa shape index (κ1) is 17.9. The number of hydrogen-bond donors (Lipinski definition) is 0. The smallest absolute Gasteiger partial charge is 0.280 e. The van der Waals surface area contributed by atoms with Crippen molar-refractivity contribution in [3.05, 3.63) is 35.7 Å². The number of benzene rings is 1. The van der Waals surface area contributed by atoms with E-state index in [4.69, 9.17) is 9.47 Å². The summed E-state index contributed by atoms with van der Waals surface area (Å²) in [7, 11) is 3.47. The van der Waals surface area contributed by atoms with Crippen LogP contribution in [0, 0.1) is 6.92 Å². The number of carbonyl (C=O) groups is 1. The van der Waals surface area contributed by atoms with E-state index in [0.717, 1.165) is 41.1 Å². The Morgan fingerprint density at radius 3 is 2.96 bits per heavy atom. The first-order chi connectivity index (χ1) is 13.0. The highest BCUT2D eigenvalue weighted by Crippen LogP contribution is 2.33. The number of aryl methyl sites for hydroxylation is 2. The lowest BCUT2D eigenvalue weighted by Crippen LogP contribution is -2.37. The number of amides is 1. The molecule has 3 heterocycles. The van der Waals surface area contributed by atoms with E-state index in [-0.39, 0.29) is 12.0 Å². The largest absolute Gasteiger partial charge is 0.497 e. The van der Waals surface area contributed by atoms with Crippen molar-refractivity contribution in [3.63, 3.8) is 0 Å². The average molecular weight is 386 g/mol. The molecule has 1 aliphatic rings. The maximum atomic E-state index is 13.2. The van der Waals surface area contributed by atoms with Crippen molar-refractivity contribution in [3.8, 4) is 5.75 Å². The molecule has 7 nitrogen and oxygen atoms in total. The molecule has 0 unspecified atom stereocenters. The van der Waals surface area contributed by atoms with Gasteiger partial charge in [-0.05, 0) is 44.0 Å². The van der Waals surface area contributed by atoms with Gasteiger partial charge in [0.05, 0.1) is 30.0 Å². The molecular formula is C19H22N4O3S. The number of anilines is 1. The molecular weight excluding hydrogens is 364 g/mol. The maximum absolute atomic E-state index is 13.2. The van der Waals surface area contributed by atoms with E-state index in [0.29, 0.717) is 17.4 Å². The summed E-state index contributed by atoms with van der Waals surface area (Å²) in [6, 6.07) is 7.53. The predicted molar refractivity (Wildman–Crippen MR) is 105 cm³/mol. The van der Waals surface area contributed by atoms with Gasteiger partial charge < -0.3 is 9.47 Å². The summed E-state index contributed by atoms with van der Waals surface area (Å²) in [5.41, 5.74) is 2.20. The van der Waals surface area contributed by atoms with Gasteiger partial charge in [-0.2, -0.15) is 5.10 Å². The summed E-state index contributed by atoms with van der Waals surface area (Å²) in [5, 5.41) is 5.01. The Morgan fingerprint density at radius 1 is 1.44 bits per heavy atom. The second kappa shape index (κ2) is 7.28. The Bertz CT molecular complexity index is 955. The molecule has 1 aromatic carbocycles. The van der Waals surface area contributed by atoms with Gasteiger partial charge in [-0.1, -0.05) is 11.3 Å². The molecule has 3 aromatic rings. The second-order valence-corrected chi connectivity index (χ2v) is 7.68. The van der Waals surface area contributed by atoms with Crippen LogP contribution in [-0.4, -0.2) is 47.0 Å².